The van der Waals surface area contributed by atoms with Crippen LogP contribution in [-0.4, -0.2) is 52.4 Å². The number of carboxylic acids is 1. The van der Waals surface area contributed by atoms with Crippen LogP contribution in [0.1, 0.15) is 27.7 Å². The fourth-order valence-corrected chi connectivity index (χ4v) is 1.84. The molecule has 8 heteroatoms. The summed E-state index contributed by atoms with van der Waals surface area (Å²) in [4.78, 5) is 34.6. The summed E-state index contributed by atoms with van der Waals surface area (Å²) < 4.78 is 7.49. The van der Waals surface area contributed by atoms with Crippen LogP contribution in [0, 0.1) is 0 Å². The van der Waals surface area contributed by atoms with Gasteiger partial charge in [0, 0.05) is 19.7 Å². The second-order valence-corrected chi connectivity index (χ2v) is 5.74. The zero-order valence-corrected chi connectivity index (χ0v) is 12.5. The van der Waals surface area contributed by atoms with Gasteiger partial charge in [0.15, 0.2) is 0 Å². The first-order chi connectivity index (χ1) is 8.54. The minimum atomic E-state index is -1.16. The van der Waals surface area contributed by atoms with Crippen molar-refractivity contribution in [1.29, 1.82) is 0 Å². The van der Waals surface area contributed by atoms with Gasteiger partial charge in [-0.15, -0.1) is 0 Å². The third-order valence-corrected chi connectivity index (χ3v) is 2.81. The van der Waals surface area contributed by atoms with Crippen molar-refractivity contribution < 1.29 is 24.2 Å². The van der Waals surface area contributed by atoms with Gasteiger partial charge in [0.1, 0.15) is 11.6 Å². The van der Waals surface area contributed by atoms with Crippen molar-refractivity contribution in [1.82, 2.24) is 9.62 Å². The predicted molar refractivity (Wildman–Crippen MR) is 71.7 cm³/mol. The van der Waals surface area contributed by atoms with Crippen LogP contribution in [0.25, 0.3) is 0 Å². The zero-order chi connectivity index (χ0) is 15.2. The summed E-state index contributed by atoms with van der Waals surface area (Å²) in [5.74, 6) is -1.41. The number of likely N-dealkylation sites (N-methyl/N-ethyl adjacent to an activating group) is 1. The molecule has 0 bridgehead atoms. The summed E-state index contributed by atoms with van der Waals surface area (Å²) in [5, 5.41) is 9.08. The molecule has 110 valence electrons. The van der Waals surface area contributed by atoms with Gasteiger partial charge in [-0.25, -0.2) is 9.59 Å². The second kappa shape index (κ2) is 7.22. The molecular weight excluding hydrogens is 272 g/mol. The number of carbonyl (C=O) groups excluding carboxylic acids is 2. The summed E-state index contributed by atoms with van der Waals surface area (Å²) in [6.07, 6.45) is -0.719. The summed E-state index contributed by atoms with van der Waals surface area (Å²) in [7, 11) is 1.35. The molecule has 1 atom stereocenters. The molecule has 0 radical (unpaired) electrons. The van der Waals surface area contributed by atoms with E-state index >= 15 is 0 Å². The number of nitrogens with zero attached hydrogens (tertiary/aromatic N) is 1. The fraction of sp³-hybridized carbons (Fsp3) is 0.727. The molecule has 2 N–H and O–H groups in total. The molecule has 0 aromatic heterocycles. The van der Waals surface area contributed by atoms with Crippen LogP contribution in [0.15, 0.2) is 0 Å². The Hall–Kier alpha value is -1.44. The molecule has 0 spiro atoms. The van der Waals surface area contributed by atoms with E-state index in [9.17, 15) is 14.4 Å². The molecule has 19 heavy (non-hydrogen) atoms. The number of nitrogens with one attached hydrogen (secondary N) is 1. The van der Waals surface area contributed by atoms with Crippen molar-refractivity contribution in [2.75, 3.05) is 12.8 Å². The Bertz CT molecular complexity index is 353. The number of hydrogen-bond acceptors (Lipinski definition) is 5. The molecule has 7 nitrogen and oxygen atoms in total. The largest absolute Gasteiger partial charge is 0.480 e. The predicted octanol–water partition coefficient (Wildman–Crippen LogP) is 1.09. The number of hydrogen-bond donors (Lipinski definition) is 2. The molecule has 0 saturated carbocycles. The topological polar surface area (TPSA) is 95.9 Å². The first kappa shape index (κ1) is 17.6. The number of rotatable bonds is 5. The number of carbonyl (C=O) groups is 3. The van der Waals surface area contributed by atoms with Crippen molar-refractivity contribution in [3.05, 3.63) is 0 Å². The van der Waals surface area contributed by atoms with Crippen LogP contribution in [0.5, 0.6) is 0 Å². The molecule has 0 aromatic rings. The zero-order valence-electron chi connectivity index (χ0n) is 11.7. The van der Waals surface area contributed by atoms with Gasteiger partial charge in [-0.3, -0.25) is 9.69 Å². The Balaban J connectivity index is 4.56. The van der Waals surface area contributed by atoms with Gasteiger partial charge in [0.2, 0.25) is 5.91 Å². The van der Waals surface area contributed by atoms with Gasteiger partial charge in [-0.05, 0) is 32.7 Å². The van der Waals surface area contributed by atoms with E-state index in [-0.39, 0.29) is 11.7 Å². The third kappa shape index (κ3) is 7.55. The van der Waals surface area contributed by atoms with Gasteiger partial charge in [0.25, 0.3) is 0 Å². The average molecular weight is 292 g/mol. The minimum Gasteiger partial charge on any atom is -0.480 e. The standard InChI is InChI=1S/C11H20N2O5S/c1-7(14)12-19-6-8(9(15)16)13(5)10(17)18-11(2,3)4/h8H,6H2,1-5H3,(H,12,14)(H,15,16)/t8-/m1/s1. The molecule has 0 heterocycles. The highest BCUT2D eigenvalue weighted by Gasteiger charge is 2.30. The van der Waals surface area contributed by atoms with Crippen LogP contribution in [-0.2, 0) is 14.3 Å². The van der Waals surface area contributed by atoms with Crippen LogP contribution >= 0.6 is 11.9 Å². The SMILES string of the molecule is CC(=O)NSC[C@H](C(=O)O)N(C)C(=O)OC(C)(C)C. The van der Waals surface area contributed by atoms with Gasteiger partial charge < -0.3 is 14.6 Å². The van der Waals surface area contributed by atoms with Crippen molar-refractivity contribution in [2.45, 2.75) is 39.3 Å². The molecule has 0 fully saturated rings. The lowest BCUT2D eigenvalue weighted by atomic mass is 10.2. The number of aliphatic carboxylic acids is 1. The number of carboxylic acid groups (broad SMARTS) is 1. The van der Waals surface area contributed by atoms with E-state index in [1.807, 2.05) is 0 Å². The smallest absolute Gasteiger partial charge is 0.410 e. The summed E-state index contributed by atoms with van der Waals surface area (Å²) in [6.45, 7) is 6.40. The van der Waals surface area contributed by atoms with E-state index in [1.54, 1.807) is 20.8 Å². The lowest BCUT2D eigenvalue weighted by Crippen LogP contribution is -2.46. The molecule has 0 saturated heterocycles. The molecule has 0 aliphatic heterocycles. The van der Waals surface area contributed by atoms with E-state index in [4.69, 9.17) is 9.84 Å². The van der Waals surface area contributed by atoms with Gasteiger partial charge in [0.05, 0.1) is 0 Å². The Morgan fingerprint density at radius 1 is 1.37 bits per heavy atom. The number of amides is 2. The van der Waals surface area contributed by atoms with Crippen molar-refractivity contribution in [2.24, 2.45) is 0 Å². The van der Waals surface area contributed by atoms with Crippen LogP contribution in [0.4, 0.5) is 4.79 Å². The molecular formula is C11H20N2O5S. The monoisotopic (exact) mass is 292 g/mol. The maximum Gasteiger partial charge on any atom is 0.410 e. The first-order valence-corrected chi connectivity index (χ1v) is 6.60. The molecule has 0 aliphatic rings. The molecule has 0 unspecified atom stereocenters. The average Bonchev–Trinajstić information content (AvgIpc) is 2.20. The van der Waals surface area contributed by atoms with E-state index in [0.717, 1.165) is 16.8 Å². The minimum absolute atomic E-state index is 0.0324. The van der Waals surface area contributed by atoms with Crippen LogP contribution in [0.3, 0.4) is 0 Å². The van der Waals surface area contributed by atoms with E-state index in [1.165, 1.54) is 14.0 Å². The second-order valence-electron chi connectivity index (χ2n) is 4.91. The Morgan fingerprint density at radius 2 is 1.89 bits per heavy atom. The van der Waals surface area contributed by atoms with Crippen molar-refractivity contribution >= 4 is 29.9 Å². The molecule has 0 rings (SSSR count). The molecule has 2 amide bonds. The Labute approximate surface area is 116 Å². The summed E-state index contributed by atoms with van der Waals surface area (Å²) in [6, 6.07) is -1.08. The highest BCUT2D eigenvalue weighted by Crippen LogP contribution is 2.12. The fourth-order valence-electron chi connectivity index (χ4n) is 1.03. The summed E-state index contributed by atoms with van der Waals surface area (Å²) in [5.41, 5.74) is -0.695. The lowest BCUT2D eigenvalue weighted by molar-refractivity contribution is -0.141. The van der Waals surface area contributed by atoms with E-state index in [0.29, 0.717) is 0 Å². The Morgan fingerprint density at radius 3 is 2.26 bits per heavy atom. The first-order valence-electron chi connectivity index (χ1n) is 5.61. The normalized spacial score (nSPS) is 12.5. The third-order valence-electron chi connectivity index (χ3n) is 1.89. The van der Waals surface area contributed by atoms with E-state index < -0.39 is 23.7 Å². The lowest BCUT2D eigenvalue weighted by Gasteiger charge is -2.28. The van der Waals surface area contributed by atoms with Gasteiger partial charge in [-0.1, -0.05) is 0 Å². The van der Waals surface area contributed by atoms with Crippen molar-refractivity contribution in [3.8, 4) is 0 Å². The maximum atomic E-state index is 11.7. The summed E-state index contributed by atoms with van der Waals surface area (Å²) >= 11 is 0.932. The molecule has 0 aliphatic carbocycles. The van der Waals surface area contributed by atoms with Crippen LogP contribution in [0.2, 0.25) is 0 Å². The maximum absolute atomic E-state index is 11.7. The number of ether oxygens (including phenoxy) is 1. The Kier molecular flexibility index (Phi) is 6.68. The quantitative estimate of drug-likeness (QED) is 0.736. The van der Waals surface area contributed by atoms with Crippen LogP contribution < -0.4 is 4.72 Å². The van der Waals surface area contributed by atoms with E-state index in [2.05, 4.69) is 4.72 Å². The van der Waals surface area contributed by atoms with Crippen molar-refractivity contribution in [3.63, 3.8) is 0 Å². The highest BCUT2D eigenvalue weighted by molar-refractivity contribution is 7.98. The van der Waals surface area contributed by atoms with Gasteiger partial charge >= 0.3 is 12.1 Å². The highest BCUT2D eigenvalue weighted by atomic mass is 32.2. The molecule has 0 aromatic carbocycles. The van der Waals surface area contributed by atoms with Gasteiger partial charge in [-0.2, -0.15) is 0 Å².